The van der Waals surface area contributed by atoms with Gasteiger partial charge in [-0.25, -0.2) is 0 Å². The summed E-state index contributed by atoms with van der Waals surface area (Å²) in [7, 11) is 0. The quantitative estimate of drug-likeness (QED) is 0.107. The van der Waals surface area contributed by atoms with Crippen LogP contribution in [0.15, 0.2) is 206 Å². The van der Waals surface area contributed by atoms with Gasteiger partial charge in [0.1, 0.15) is 0 Å². The first-order valence-electron chi connectivity index (χ1n) is 29.3. The summed E-state index contributed by atoms with van der Waals surface area (Å²) in [6, 6.07) is 82.4. The van der Waals surface area contributed by atoms with E-state index in [9.17, 15) is 0 Å². The number of ether oxygens (including phenoxy) is 1. The van der Waals surface area contributed by atoms with Gasteiger partial charge in [-0.05, 0) is 11.5 Å². The molecular formula is C76H70BN5OPt-2. The zero-order valence-electron chi connectivity index (χ0n) is 50.2. The molecule has 0 N–H and O–H groups in total. The van der Waals surface area contributed by atoms with Crippen molar-refractivity contribution in [2.75, 3.05) is 4.81 Å². The van der Waals surface area contributed by atoms with Crippen LogP contribution in [0.3, 0.4) is 0 Å². The Bertz CT molecular complexity index is 4570. The van der Waals surface area contributed by atoms with Gasteiger partial charge in [0, 0.05) is 5.52 Å². The molecule has 9 aromatic carbocycles. The molecule has 0 aliphatic carbocycles. The molecular weight excluding hydrogens is 1200 g/mol. The second-order valence-electron chi connectivity index (χ2n) is 26.7. The van der Waals surface area contributed by atoms with E-state index < -0.39 is 0 Å². The predicted octanol–water partition coefficient (Wildman–Crippen LogP) is 19.0. The molecule has 4 heterocycles. The van der Waals surface area contributed by atoms with Crippen LogP contribution in [-0.4, -0.2) is 25.6 Å². The third-order valence-electron chi connectivity index (χ3n) is 16.8. The Morgan fingerprint density at radius 3 is 1.73 bits per heavy atom. The summed E-state index contributed by atoms with van der Waals surface area (Å²) >= 11 is 2.57. The number of imidazole rings is 1. The van der Waals surface area contributed by atoms with Crippen molar-refractivity contribution in [2.45, 2.75) is 105 Å². The second kappa shape index (κ2) is 20.5. The number of benzene rings is 9. The van der Waals surface area contributed by atoms with Crippen LogP contribution in [0.5, 0.6) is 11.6 Å². The third-order valence-corrected chi connectivity index (χ3v) is 17.8. The van der Waals surface area contributed by atoms with Crippen LogP contribution >= 0.6 is 0 Å². The Kier molecular flexibility index (Phi) is 13.4. The number of rotatable bonds is 9. The van der Waals surface area contributed by atoms with Gasteiger partial charge in [-0.15, -0.1) is 5.39 Å². The van der Waals surface area contributed by atoms with Gasteiger partial charge in [0.05, 0.1) is 0 Å². The van der Waals surface area contributed by atoms with E-state index in [-0.39, 0.29) is 28.6 Å². The molecule has 0 amide bonds. The molecule has 0 atom stereocenters. The fourth-order valence-corrected chi connectivity index (χ4v) is 13.4. The minimum atomic E-state index is -0.222. The summed E-state index contributed by atoms with van der Waals surface area (Å²) in [6.45, 7) is 27.5. The molecule has 1 aliphatic heterocycles. The van der Waals surface area contributed by atoms with Crippen molar-refractivity contribution in [2.24, 2.45) is 0 Å². The third kappa shape index (κ3) is 9.59. The number of pyridine rings is 1. The number of fused-ring (bicyclic) bond motifs is 4. The first-order valence-corrected chi connectivity index (χ1v) is 30.4. The van der Waals surface area contributed by atoms with Crippen LogP contribution in [-0.2, 0) is 41.0 Å². The molecule has 6 nitrogen and oxygen atoms in total. The predicted molar refractivity (Wildman–Crippen MR) is 348 cm³/mol. The summed E-state index contributed by atoms with van der Waals surface area (Å²) < 4.78 is 15.6. The summed E-state index contributed by atoms with van der Waals surface area (Å²) in [5.74, 6) is 1.79. The van der Waals surface area contributed by atoms with E-state index in [1.165, 1.54) is 44.2 Å². The zero-order chi connectivity index (χ0) is 58.6. The summed E-state index contributed by atoms with van der Waals surface area (Å²) in [4.78, 5) is 7.77. The normalized spacial score (nSPS) is 13.0. The average molecular weight is 1280 g/mol. The van der Waals surface area contributed by atoms with E-state index >= 15 is 0 Å². The fourth-order valence-electron chi connectivity index (χ4n) is 12.3. The maximum absolute atomic E-state index is 7.32. The Labute approximate surface area is 506 Å². The molecule has 1 aliphatic rings. The Balaban J connectivity index is 1.03. The summed E-state index contributed by atoms with van der Waals surface area (Å²) in [5, 5.41) is 2.41. The first-order chi connectivity index (χ1) is 40.1. The minimum absolute atomic E-state index is 0.0856. The Hall–Kier alpha value is -8.25. The number of para-hydroxylation sites is 3. The topological polar surface area (TPSA) is 40.1 Å². The van der Waals surface area contributed by atoms with Crippen molar-refractivity contribution in [3.05, 3.63) is 244 Å². The number of aromatic nitrogens is 4. The molecule has 0 saturated carbocycles. The van der Waals surface area contributed by atoms with Gasteiger partial charge < -0.3 is 0 Å². The standard InChI is InChI=1S/C76H70BN5O.Pt/c1-73(2,3)52-43-51(44-53(45-52)74(4,5)6)62-47-54(75(7,8)9)46-61(50-27-15-13-16-28-50)71(62)80-49-79(65-36-23-24-37-66(65)80)56-41-42-59(57-31-19-21-34-63(57)76(10,11)12)68(48-56)83-70-40-26-39-69(78-70)81-67-38-25-33-60-58-32-20-22-35-64(58)82(72(60)67)77(81)55-29-17-14-18-30-55;/h13-37,39-47H,1-12H3;/q-2;. The van der Waals surface area contributed by atoms with Crippen LogP contribution in [0.2, 0.25) is 0 Å². The van der Waals surface area contributed by atoms with Crippen LogP contribution in [0.4, 0.5) is 11.5 Å². The molecule has 13 rings (SSSR count). The van der Waals surface area contributed by atoms with E-state index in [4.69, 9.17) is 9.72 Å². The van der Waals surface area contributed by atoms with Gasteiger partial charge in [-0.2, -0.15) is 12.1 Å². The van der Waals surface area contributed by atoms with Gasteiger partial charge >= 0.3 is 427 Å². The molecule has 0 radical (unpaired) electrons. The number of nitrogens with zero attached hydrogens (tertiary/aromatic N) is 5. The van der Waals surface area contributed by atoms with Gasteiger partial charge in [0.2, 0.25) is 0 Å². The average Bonchev–Trinajstić information content (AvgIpc) is 1.60. The zero-order valence-corrected chi connectivity index (χ0v) is 52.4. The molecule has 84 heavy (non-hydrogen) atoms. The van der Waals surface area contributed by atoms with Crippen molar-refractivity contribution in [3.8, 4) is 56.4 Å². The van der Waals surface area contributed by atoms with Gasteiger partial charge in [-0.1, -0.05) is 48.5 Å². The monoisotopic (exact) mass is 1270 g/mol. The summed E-state index contributed by atoms with van der Waals surface area (Å²) in [6.07, 6.45) is 0. The van der Waals surface area contributed by atoms with Crippen LogP contribution in [0, 0.1) is 15.9 Å². The molecule has 0 spiro atoms. The van der Waals surface area contributed by atoms with Crippen LogP contribution in [0.25, 0.3) is 77.6 Å². The van der Waals surface area contributed by atoms with Crippen molar-refractivity contribution >= 4 is 56.8 Å². The van der Waals surface area contributed by atoms with Gasteiger partial charge in [0.15, 0.2) is 0 Å². The molecule has 0 saturated heterocycles. The Morgan fingerprint density at radius 1 is 0.476 bits per heavy atom. The number of hydrogen-bond donors (Lipinski definition) is 0. The molecule has 3 aromatic heterocycles. The number of anilines is 2. The van der Waals surface area contributed by atoms with Gasteiger partial charge in [0.25, 0.3) is 0 Å². The SMILES string of the molecule is CC(C)(C)c1cc(-c2cc(C(C)(C)C)cc(-c3ccccc3)c2-n2[c](=[Pt])n(-c3[c-]c(Oc4cccc(N5B(c6ccccc6)n6c7ccccc7c7cc[c-]c5c76)n4)c(-c4ccccc4C(C)(C)C)cc3)c3ccccc32)cc(C(C)(C)C)c1. The van der Waals surface area contributed by atoms with Gasteiger partial charge in [-0.3, -0.25) is 0 Å². The van der Waals surface area contributed by atoms with Crippen LogP contribution < -0.4 is 15.0 Å². The summed E-state index contributed by atoms with van der Waals surface area (Å²) in [5.41, 5.74) is 19.8. The Morgan fingerprint density at radius 2 is 1.06 bits per heavy atom. The van der Waals surface area contributed by atoms with Crippen molar-refractivity contribution in [3.63, 3.8) is 0 Å². The second-order valence-corrected chi connectivity index (χ2v) is 27.7. The first kappa shape index (κ1) is 55.0. The van der Waals surface area contributed by atoms with Crippen molar-refractivity contribution in [1.29, 1.82) is 0 Å². The van der Waals surface area contributed by atoms with Crippen molar-refractivity contribution < 1.29 is 24.1 Å². The fraction of sp³-hybridized carbons (Fsp3) is 0.211. The molecule has 12 aromatic rings. The van der Waals surface area contributed by atoms with Crippen molar-refractivity contribution in [1.82, 2.24) is 18.6 Å². The van der Waals surface area contributed by atoms with E-state index in [0.717, 1.165) is 76.5 Å². The number of hydrogen-bond acceptors (Lipinski definition) is 3. The molecule has 420 valence electrons. The molecule has 0 fully saturated rings. The van der Waals surface area contributed by atoms with E-state index in [2.05, 4.69) is 327 Å². The molecule has 8 heteroatoms. The molecule has 0 unspecified atom stereocenters. The van der Waals surface area contributed by atoms with E-state index in [0.29, 0.717) is 11.6 Å². The van der Waals surface area contributed by atoms with E-state index in [1.54, 1.807) is 0 Å². The maximum atomic E-state index is 7.32. The molecule has 0 bridgehead atoms. The van der Waals surface area contributed by atoms with E-state index in [1.807, 2.05) is 12.1 Å². The van der Waals surface area contributed by atoms with Crippen LogP contribution in [0.1, 0.15) is 105 Å².